The quantitative estimate of drug-likeness (QED) is 0.554. The van der Waals surface area contributed by atoms with Crippen LogP contribution in [0.25, 0.3) is 16.2 Å². The zero-order valence-electron chi connectivity index (χ0n) is 15.2. The first-order valence-electron chi connectivity index (χ1n) is 8.63. The lowest BCUT2D eigenvalue weighted by molar-refractivity contribution is -0.125. The zero-order chi connectivity index (χ0) is 21.4. The molecule has 0 atom stereocenters. The Morgan fingerprint density at radius 2 is 2.20 bits per heavy atom. The number of carboxylic acids is 1. The molecular weight excluding hydrogens is 415 g/mol. The van der Waals surface area contributed by atoms with Crippen molar-refractivity contribution in [3.63, 3.8) is 0 Å². The number of nitrogens with one attached hydrogen (secondary N) is 1. The SMILES string of the molecule is C#CCNC(=O)C1CN(c2nc3c(cc2F)c(=O)c(C(=O)O)cn3-c2ncns2)C1. The van der Waals surface area contributed by atoms with E-state index in [4.69, 9.17) is 6.42 Å². The van der Waals surface area contributed by atoms with E-state index in [2.05, 4.69) is 25.6 Å². The lowest BCUT2D eigenvalue weighted by atomic mass is 9.99. The fraction of sp³-hybridized carbons (Fsp3) is 0.222. The third-order valence-corrected chi connectivity index (χ3v) is 5.28. The standard InChI is InChI=1S/C18H13FN6O4S/c1-2-3-20-16(27)9-5-24(6-9)15-12(19)4-10-13(26)11(17(28)29)7-25(14(10)23-15)18-21-8-22-30-18/h1,4,7-9H,3,5-6H2,(H,20,27)(H,28,29). The Balaban J connectivity index is 1.77. The smallest absolute Gasteiger partial charge is 0.341 e. The number of fused-ring (bicyclic) bond motifs is 1. The van der Waals surface area contributed by atoms with Crippen LogP contribution in [0.4, 0.5) is 10.2 Å². The molecule has 1 amide bonds. The van der Waals surface area contributed by atoms with Gasteiger partial charge < -0.3 is 15.3 Å². The van der Waals surface area contributed by atoms with Crippen molar-refractivity contribution in [2.24, 2.45) is 5.92 Å². The Kier molecular flexibility index (Phi) is 4.88. The molecule has 0 radical (unpaired) electrons. The molecule has 1 fully saturated rings. The van der Waals surface area contributed by atoms with Crippen LogP contribution in [0.1, 0.15) is 10.4 Å². The summed E-state index contributed by atoms with van der Waals surface area (Å²) in [6.45, 7) is 0.558. The van der Waals surface area contributed by atoms with Crippen molar-refractivity contribution in [3.8, 4) is 17.5 Å². The number of carbonyl (C=O) groups is 2. The van der Waals surface area contributed by atoms with Gasteiger partial charge in [-0.1, -0.05) is 5.92 Å². The van der Waals surface area contributed by atoms with Gasteiger partial charge in [-0.05, 0) is 6.07 Å². The maximum absolute atomic E-state index is 14.8. The predicted molar refractivity (Wildman–Crippen MR) is 105 cm³/mol. The summed E-state index contributed by atoms with van der Waals surface area (Å²) in [5.74, 6) is -0.591. The van der Waals surface area contributed by atoms with Crippen molar-refractivity contribution in [2.75, 3.05) is 24.5 Å². The first kappa shape index (κ1) is 19.5. The Morgan fingerprint density at radius 1 is 1.43 bits per heavy atom. The number of nitrogens with zero attached hydrogens (tertiary/aromatic N) is 5. The highest BCUT2D eigenvalue weighted by Gasteiger charge is 2.35. The van der Waals surface area contributed by atoms with Crippen molar-refractivity contribution >= 4 is 40.3 Å². The van der Waals surface area contributed by atoms with Crippen molar-refractivity contribution in [2.45, 2.75) is 0 Å². The van der Waals surface area contributed by atoms with Crippen molar-refractivity contribution in [1.29, 1.82) is 0 Å². The zero-order valence-corrected chi connectivity index (χ0v) is 16.0. The van der Waals surface area contributed by atoms with Crippen LogP contribution in [0, 0.1) is 24.1 Å². The second kappa shape index (κ2) is 7.53. The molecule has 152 valence electrons. The summed E-state index contributed by atoms with van der Waals surface area (Å²) in [5.41, 5.74) is -1.36. The molecule has 1 aliphatic heterocycles. The molecule has 0 bridgehead atoms. The van der Waals surface area contributed by atoms with Gasteiger partial charge in [0.25, 0.3) is 0 Å². The molecule has 30 heavy (non-hydrogen) atoms. The summed E-state index contributed by atoms with van der Waals surface area (Å²) in [6.07, 6.45) is 7.47. The molecular formula is C18H13FN6O4S. The average Bonchev–Trinajstić information content (AvgIpc) is 3.20. The number of halogens is 1. The Labute approximate surface area is 172 Å². The number of amides is 1. The van der Waals surface area contributed by atoms with Crippen molar-refractivity contribution in [3.05, 3.63) is 40.2 Å². The first-order chi connectivity index (χ1) is 14.4. The number of aromatic carboxylic acids is 1. The van der Waals surface area contributed by atoms with Gasteiger partial charge in [0, 0.05) is 30.8 Å². The second-order valence-corrected chi connectivity index (χ2v) is 7.22. The number of carboxylic acid groups (broad SMARTS) is 1. The third-order valence-electron chi connectivity index (χ3n) is 4.62. The number of rotatable bonds is 5. The van der Waals surface area contributed by atoms with E-state index < -0.39 is 22.8 Å². The van der Waals surface area contributed by atoms with Crippen LogP contribution in [-0.4, -0.2) is 55.5 Å². The molecule has 0 unspecified atom stereocenters. The van der Waals surface area contributed by atoms with Gasteiger partial charge >= 0.3 is 5.97 Å². The first-order valence-corrected chi connectivity index (χ1v) is 9.40. The van der Waals surface area contributed by atoms with Crippen LogP contribution in [0.2, 0.25) is 0 Å². The average molecular weight is 428 g/mol. The predicted octanol–water partition coefficient (Wildman–Crippen LogP) is 0.260. The lowest BCUT2D eigenvalue weighted by Gasteiger charge is -2.39. The lowest BCUT2D eigenvalue weighted by Crippen LogP contribution is -2.54. The summed E-state index contributed by atoms with van der Waals surface area (Å²) >= 11 is 0.958. The third kappa shape index (κ3) is 3.25. The maximum atomic E-state index is 14.8. The molecule has 1 saturated heterocycles. The maximum Gasteiger partial charge on any atom is 0.341 e. The van der Waals surface area contributed by atoms with Gasteiger partial charge in [0.15, 0.2) is 17.3 Å². The van der Waals surface area contributed by atoms with Crippen molar-refractivity contribution in [1.82, 2.24) is 24.2 Å². The number of hydrogen-bond donors (Lipinski definition) is 2. The molecule has 0 spiro atoms. The Hall–Kier alpha value is -3.85. The topological polar surface area (TPSA) is 130 Å². The molecule has 0 aromatic carbocycles. The molecule has 3 aromatic heterocycles. The minimum atomic E-state index is -1.45. The van der Waals surface area contributed by atoms with E-state index in [1.807, 2.05) is 0 Å². The van der Waals surface area contributed by atoms with Crippen LogP contribution < -0.4 is 15.6 Å². The van der Waals surface area contributed by atoms with E-state index >= 15 is 0 Å². The highest BCUT2D eigenvalue weighted by molar-refractivity contribution is 7.08. The summed E-state index contributed by atoms with van der Waals surface area (Å²) in [5, 5.41) is 12.0. The van der Waals surface area contributed by atoms with E-state index in [0.717, 1.165) is 23.8 Å². The normalized spacial score (nSPS) is 13.7. The van der Waals surface area contributed by atoms with Crippen molar-refractivity contribution < 1.29 is 19.1 Å². The number of anilines is 1. The largest absolute Gasteiger partial charge is 0.477 e. The number of pyridine rings is 2. The van der Waals surface area contributed by atoms with Gasteiger partial charge in [0.2, 0.25) is 16.5 Å². The van der Waals surface area contributed by atoms with E-state index in [0.29, 0.717) is 0 Å². The molecule has 12 heteroatoms. The van der Waals surface area contributed by atoms with Gasteiger partial charge in [-0.2, -0.15) is 4.37 Å². The molecule has 4 rings (SSSR count). The van der Waals surface area contributed by atoms with E-state index in [9.17, 15) is 23.9 Å². The van der Waals surface area contributed by atoms with Crippen LogP contribution in [-0.2, 0) is 4.79 Å². The van der Waals surface area contributed by atoms with Crippen LogP contribution >= 0.6 is 11.5 Å². The molecule has 2 N–H and O–H groups in total. The summed E-state index contributed by atoms with van der Waals surface area (Å²) in [4.78, 5) is 45.8. The van der Waals surface area contributed by atoms with Gasteiger partial charge in [-0.15, -0.1) is 6.42 Å². The summed E-state index contributed by atoms with van der Waals surface area (Å²) < 4.78 is 19.9. The summed E-state index contributed by atoms with van der Waals surface area (Å²) in [7, 11) is 0. The fourth-order valence-corrected chi connectivity index (χ4v) is 3.62. The van der Waals surface area contributed by atoms with Crippen LogP contribution in [0.15, 0.2) is 23.4 Å². The molecule has 1 aliphatic rings. The van der Waals surface area contributed by atoms with Crippen LogP contribution in [0.3, 0.4) is 0 Å². The van der Waals surface area contributed by atoms with Gasteiger partial charge in [0.1, 0.15) is 11.9 Å². The molecule has 0 aliphatic carbocycles. The van der Waals surface area contributed by atoms with Gasteiger partial charge in [0.05, 0.1) is 17.8 Å². The minimum absolute atomic E-state index is 0.0402. The highest BCUT2D eigenvalue weighted by Crippen LogP contribution is 2.28. The number of terminal acetylenes is 1. The van der Waals surface area contributed by atoms with E-state index in [1.54, 1.807) is 4.90 Å². The molecule has 3 aromatic rings. The van der Waals surface area contributed by atoms with E-state index in [-0.39, 0.29) is 53.4 Å². The number of aromatic nitrogens is 4. The Morgan fingerprint density at radius 3 is 2.83 bits per heavy atom. The molecule has 0 saturated carbocycles. The van der Waals surface area contributed by atoms with Gasteiger partial charge in [-0.3, -0.25) is 14.2 Å². The number of hydrogen-bond acceptors (Lipinski definition) is 8. The Bertz CT molecular complexity index is 1260. The monoisotopic (exact) mass is 428 g/mol. The van der Waals surface area contributed by atoms with Crippen LogP contribution in [0.5, 0.6) is 0 Å². The van der Waals surface area contributed by atoms with E-state index in [1.165, 1.54) is 10.9 Å². The second-order valence-electron chi connectivity index (χ2n) is 6.46. The molecule has 10 nitrogen and oxygen atoms in total. The summed E-state index contributed by atoms with van der Waals surface area (Å²) in [6, 6.07) is 0.954. The number of carbonyl (C=O) groups excluding carboxylic acids is 1. The fourth-order valence-electron chi connectivity index (χ4n) is 3.11. The van der Waals surface area contributed by atoms with Gasteiger partial charge in [-0.25, -0.2) is 19.2 Å². The minimum Gasteiger partial charge on any atom is -0.477 e. The highest BCUT2D eigenvalue weighted by atomic mass is 32.1. The molecule has 4 heterocycles.